The molecule has 0 bridgehead atoms. The SMILES string of the molecule is COc1cccc(-c2c(C(=O)O)c(N)[nH]c(=O)c2C(=O)O)c1Oc1ncc(C(F)(F)F)cc1Cl. The Balaban J connectivity index is 2.34. The van der Waals surface area contributed by atoms with Crippen LogP contribution in [-0.2, 0) is 6.18 Å². The van der Waals surface area contributed by atoms with E-state index in [1.807, 2.05) is 4.98 Å². The number of aromatic amines is 1. The summed E-state index contributed by atoms with van der Waals surface area (Å²) >= 11 is 5.90. The Kier molecular flexibility index (Phi) is 6.41. The van der Waals surface area contributed by atoms with Crippen LogP contribution < -0.4 is 20.8 Å². The number of ether oxygens (including phenoxy) is 2. The van der Waals surface area contributed by atoms with Crippen LogP contribution in [0.15, 0.2) is 35.3 Å². The summed E-state index contributed by atoms with van der Waals surface area (Å²) < 4.78 is 49.5. The summed E-state index contributed by atoms with van der Waals surface area (Å²) in [6.07, 6.45) is -4.28. The Morgan fingerprint density at radius 1 is 1.18 bits per heavy atom. The maximum atomic E-state index is 12.9. The molecule has 0 amide bonds. The molecular formula is C20H13ClF3N3O7. The number of carboxylic acid groups (broad SMARTS) is 2. The second kappa shape index (κ2) is 8.94. The number of carboxylic acids is 2. The van der Waals surface area contributed by atoms with Crippen LogP contribution in [-0.4, -0.2) is 39.2 Å². The molecule has 10 nitrogen and oxygen atoms in total. The number of para-hydroxylation sites is 1. The van der Waals surface area contributed by atoms with Gasteiger partial charge < -0.3 is 30.4 Å². The predicted octanol–water partition coefficient (Wildman–Crippen LogP) is 3.89. The fraction of sp³-hybridized carbons (Fsp3) is 0.100. The number of H-pyrrole nitrogens is 1. The number of methoxy groups -OCH3 is 1. The highest BCUT2D eigenvalue weighted by molar-refractivity contribution is 6.31. The van der Waals surface area contributed by atoms with Crippen LogP contribution in [0.5, 0.6) is 17.4 Å². The molecule has 0 saturated heterocycles. The van der Waals surface area contributed by atoms with E-state index in [4.69, 9.17) is 26.8 Å². The van der Waals surface area contributed by atoms with Crippen molar-refractivity contribution in [3.8, 4) is 28.5 Å². The number of pyridine rings is 2. The van der Waals surface area contributed by atoms with E-state index < -0.39 is 62.6 Å². The topological polar surface area (TPSA) is 165 Å². The lowest BCUT2D eigenvalue weighted by Gasteiger charge is -2.18. The maximum Gasteiger partial charge on any atom is 0.417 e. The van der Waals surface area contributed by atoms with Crippen molar-refractivity contribution in [1.82, 2.24) is 9.97 Å². The number of nitrogen functional groups attached to an aromatic ring is 1. The lowest BCUT2D eigenvalue weighted by atomic mass is 9.94. The third-order valence-electron chi connectivity index (χ3n) is 4.47. The molecule has 2 aromatic heterocycles. The highest BCUT2D eigenvalue weighted by atomic mass is 35.5. The third-order valence-corrected chi connectivity index (χ3v) is 4.74. The number of nitrogens with zero attached hydrogens (tertiary/aromatic N) is 1. The van der Waals surface area contributed by atoms with Gasteiger partial charge in [-0.15, -0.1) is 0 Å². The number of benzene rings is 1. The number of carbonyl (C=O) groups is 2. The van der Waals surface area contributed by atoms with Gasteiger partial charge >= 0.3 is 18.1 Å². The zero-order valence-corrected chi connectivity index (χ0v) is 17.6. The van der Waals surface area contributed by atoms with Crippen molar-refractivity contribution >= 4 is 29.4 Å². The van der Waals surface area contributed by atoms with Crippen LogP contribution >= 0.6 is 11.6 Å². The quantitative estimate of drug-likeness (QED) is 0.393. The minimum atomic E-state index is -4.74. The van der Waals surface area contributed by atoms with E-state index in [2.05, 4.69) is 4.98 Å². The van der Waals surface area contributed by atoms with Crippen molar-refractivity contribution in [2.24, 2.45) is 0 Å². The summed E-state index contributed by atoms with van der Waals surface area (Å²) in [4.78, 5) is 41.6. The summed E-state index contributed by atoms with van der Waals surface area (Å²) in [6.45, 7) is 0. The Bertz CT molecular complexity index is 1370. The maximum absolute atomic E-state index is 12.9. The van der Waals surface area contributed by atoms with E-state index >= 15 is 0 Å². The summed E-state index contributed by atoms with van der Waals surface area (Å²) in [5.41, 5.74) is 0.628. The lowest BCUT2D eigenvalue weighted by molar-refractivity contribution is -0.137. The Labute approximate surface area is 192 Å². The first-order valence-electron chi connectivity index (χ1n) is 8.97. The van der Waals surface area contributed by atoms with Crippen molar-refractivity contribution in [3.63, 3.8) is 0 Å². The van der Waals surface area contributed by atoms with Gasteiger partial charge in [0.05, 0.1) is 12.7 Å². The van der Waals surface area contributed by atoms with Crippen molar-refractivity contribution in [3.05, 3.63) is 62.5 Å². The molecule has 2 heterocycles. The van der Waals surface area contributed by atoms with Crippen LogP contribution in [0.2, 0.25) is 5.02 Å². The molecule has 3 aromatic rings. The number of alkyl halides is 3. The number of anilines is 1. The standard InChI is InChI=1S/C20H13ClF3N3O7/c1-33-10-4-2-3-8(11-12(18(29)30)15(25)27-16(28)13(11)19(31)32)14(10)34-17-9(21)5-7(6-26-17)20(22,23)24/h2-6H,1H3,(H,29,30)(H,31,32)(H3,25,27,28). The molecule has 0 spiro atoms. The fourth-order valence-corrected chi connectivity index (χ4v) is 3.25. The van der Waals surface area contributed by atoms with Gasteiger partial charge in [0.1, 0.15) is 22.0 Å². The van der Waals surface area contributed by atoms with E-state index in [0.29, 0.717) is 12.3 Å². The number of aromatic nitrogens is 2. The fourth-order valence-electron chi connectivity index (χ4n) is 3.05. The first kappa shape index (κ1) is 24.4. The smallest absolute Gasteiger partial charge is 0.417 e. The van der Waals surface area contributed by atoms with Crippen molar-refractivity contribution < 1.29 is 42.4 Å². The van der Waals surface area contributed by atoms with Gasteiger partial charge in [-0.2, -0.15) is 13.2 Å². The van der Waals surface area contributed by atoms with Crippen LogP contribution in [0.4, 0.5) is 19.0 Å². The molecule has 14 heteroatoms. The minimum absolute atomic E-state index is 0.109. The summed E-state index contributed by atoms with van der Waals surface area (Å²) in [5, 5.41) is 18.7. The molecule has 178 valence electrons. The number of hydrogen-bond donors (Lipinski definition) is 4. The van der Waals surface area contributed by atoms with Gasteiger partial charge in [0.2, 0.25) is 5.88 Å². The molecule has 3 rings (SSSR count). The van der Waals surface area contributed by atoms with E-state index in [9.17, 15) is 37.8 Å². The zero-order chi connectivity index (χ0) is 25.4. The largest absolute Gasteiger partial charge is 0.493 e. The van der Waals surface area contributed by atoms with Crippen LogP contribution in [0, 0.1) is 0 Å². The molecular weight excluding hydrogens is 487 g/mol. The average molecular weight is 500 g/mol. The molecule has 34 heavy (non-hydrogen) atoms. The van der Waals surface area contributed by atoms with Crippen LogP contribution in [0.25, 0.3) is 11.1 Å². The van der Waals surface area contributed by atoms with E-state index in [1.165, 1.54) is 25.3 Å². The first-order valence-corrected chi connectivity index (χ1v) is 9.34. The van der Waals surface area contributed by atoms with Gasteiger partial charge in [-0.1, -0.05) is 23.7 Å². The normalized spacial score (nSPS) is 11.2. The van der Waals surface area contributed by atoms with Gasteiger partial charge in [-0.3, -0.25) is 4.79 Å². The first-order chi connectivity index (χ1) is 15.9. The van der Waals surface area contributed by atoms with E-state index in [-0.39, 0.29) is 17.1 Å². The molecule has 0 unspecified atom stereocenters. The summed E-state index contributed by atoms with van der Waals surface area (Å²) in [7, 11) is 1.19. The summed E-state index contributed by atoms with van der Waals surface area (Å²) in [5.74, 6) is -5.12. The molecule has 0 saturated carbocycles. The third kappa shape index (κ3) is 4.45. The Morgan fingerprint density at radius 2 is 1.82 bits per heavy atom. The predicted molar refractivity (Wildman–Crippen MR) is 112 cm³/mol. The number of aromatic carboxylic acids is 2. The van der Waals surface area contributed by atoms with E-state index in [1.54, 1.807) is 0 Å². The average Bonchev–Trinajstić information content (AvgIpc) is 2.73. The number of halogens is 4. The summed E-state index contributed by atoms with van der Waals surface area (Å²) in [6, 6.07) is 4.41. The van der Waals surface area contributed by atoms with E-state index in [0.717, 1.165) is 0 Å². The second-order valence-corrected chi connectivity index (χ2v) is 6.96. The molecule has 0 aliphatic carbocycles. The monoisotopic (exact) mass is 499 g/mol. The zero-order valence-electron chi connectivity index (χ0n) is 16.9. The molecule has 0 atom stereocenters. The number of nitrogens with two attached hydrogens (primary N) is 1. The minimum Gasteiger partial charge on any atom is -0.493 e. The molecule has 0 aliphatic rings. The number of rotatable bonds is 6. The number of nitrogens with one attached hydrogen (secondary N) is 1. The van der Waals surface area contributed by atoms with Gasteiger partial charge in [0.15, 0.2) is 11.5 Å². The van der Waals surface area contributed by atoms with Crippen molar-refractivity contribution in [2.45, 2.75) is 6.18 Å². The molecule has 5 N–H and O–H groups in total. The molecule has 0 fully saturated rings. The van der Waals surface area contributed by atoms with Crippen molar-refractivity contribution in [1.29, 1.82) is 0 Å². The van der Waals surface area contributed by atoms with Gasteiger partial charge in [0.25, 0.3) is 5.56 Å². The molecule has 1 aromatic carbocycles. The van der Waals surface area contributed by atoms with Crippen LogP contribution in [0.1, 0.15) is 26.3 Å². The molecule has 0 radical (unpaired) electrons. The van der Waals surface area contributed by atoms with Gasteiger partial charge in [-0.05, 0) is 12.1 Å². The highest BCUT2D eigenvalue weighted by Gasteiger charge is 2.33. The Hall–Kier alpha value is -4.26. The number of hydrogen-bond acceptors (Lipinski definition) is 7. The lowest BCUT2D eigenvalue weighted by Crippen LogP contribution is -2.24. The van der Waals surface area contributed by atoms with Crippen molar-refractivity contribution in [2.75, 3.05) is 12.8 Å². The van der Waals surface area contributed by atoms with Crippen LogP contribution in [0.3, 0.4) is 0 Å². The Morgan fingerprint density at radius 3 is 2.35 bits per heavy atom. The van der Waals surface area contributed by atoms with Gasteiger partial charge in [0, 0.05) is 17.3 Å². The van der Waals surface area contributed by atoms with Gasteiger partial charge in [-0.25, -0.2) is 14.6 Å². The molecule has 0 aliphatic heterocycles. The second-order valence-electron chi connectivity index (χ2n) is 6.55. The highest BCUT2D eigenvalue weighted by Crippen LogP contribution is 2.44.